The first kappa shape index (κ1) is 15.7. The fourth-order valence-corrected chi connectivity index (χ4v) is 0.982. The van der Waals surface area contributed by atoms with Crippen molar-refractivity contribution in [3.8, 4) is 17.2 Å². The molecule has 0 atom stereocenters. The lowest BCUT2D eigenvalue weighted by molar-refractivity contribution is 0.112. The Morgan fingerprint density at radius 1 is 1.13 bits per heavy atom. The van der Waals surface area contributed by atoms with E-state index in [4.69, 9.17) is 9.47 Å². The lowest BCUT2D eigenvalue weighted by atomic mass is 10.2. The minimum Gasteiger partial charge on any atom is -0.502 e. The van der Waals surface area contributed by atoms with E-state index >= 15 is 0 Å². The van der Waals surface area contributed by atoms with Crippen LogP contribution in [0.2, 0.25) is 0 Å². The average Bonchev–Trinajstić information content (AvgIpc) is 2.18. The zero-order valence-electron chi connectivity index (χ0n) is 8.82. The van der Waals surface area contributed by atoms with E-state index in [1.807, 2.05) is 0 Å². The van der Waals surface area contributed by atoms with Gasteiger partial charge in [0.05, 0.1) is 14.2 Å². The number of phenols is 1. The highest BCUT2D eigenvalue weighted by Crippen LogP contribution is 2.36. The van der Waals surface area contributed by atoms with Gasteiger partial charge >= 0.3 is 0 Å². The molecule has 0 aliphatic rings. The van der Waals surface area contributed by atoms with Gasteiger partial charge in [0.1, 0.15) is 6.29 Å². The molecule has 1 aromatic carbocycles. The summed E-state index contributed by atoms with van der Waals surface area (Å²) in [5.74, 6) is 0.346. The van der Waals surface area contributed by atoms with Gasteiger partial charge in [0.15, 0.2) is 11.5 Å². The number of hydrogen-bond donors (Lipinski definition) is 3. The number of aromatic hydroxyl groups is 1. The third-order valence-electron chi connectivity index (χ3n) is 1.64. The average molecular weight is 216 g/mol. The van der Waals surface area contributed by atoms with Crippen molar-refractivity contribution in [1.29, 1.82) is 0 Å². The molecule has 0 unspecified atom stereocenters. The summed E-state index contributed by atoms with van der Waals surface area (Å²) >= 11 is 0. The number of methoxy groups -OCH3 is 2. The van der Waals surface area contributed by atoms with Gasteiger partial charge in [-0.05, 0) is 12.1 Å². The number of carbonyl (C=O) groups is 1. The van der Waals surface area contributed by atoms with Crippen molar-refractivity contribution >= 4 is 6.29 Å². The fraction of sp³-hybridized carbons (Fsp3) is 0.222. The topological polar surface area (TPSA) is 126 Å². The van der Waals surface area contributed by atoms with Crippen molar-refractivity contribution in [3.05, 3.63) is 17.7 Å². The number of phenolic OH excluding ortho intramolecular Hbond substituents is 1. The molecule has 86 valence electrons. The highest BCUT2D eigenvalue weighted by atomic mass is 16.5. The maximum absolute atomic E-state index is 10.5. The highest BCUT2D eigenvalue weighted by molar-refractivity contribution is 5.78. The number of rotatable bonds is 3. The molecular weight excluding hydrogens is 200 g/mol. The number of ether oxygens (including phenoxy) is 2. The van der Waals surface area contributed by atoms with E-state index in [9.17, 15) is 9.90 Å². The predicted octanol–water partition coefficient (Wildman–Crippen LogP) is 1.55. The van der Waals surface area contributed by atoms with Crippen LogP contribution in [0.3, 0.4) is 0 Å². The molecule has 0 aliphatic carbocycles. The van der Waals surface area contributed by atoms with Crippen LogP contribution < -0.4 is 21.8 Å². The van der Waals surface area contributed by atoms with Crippen molar-refractivity contribution < 1.29 is 19.4 Å². The molecule has 0 bridgehead atoms. The molecule has 0 aromatic heterocycles. The number of aldehydes is 1. The Kier molecular flexibility index (Phi) is 6.93. The van der Waals surface area contributed by atoms with Crippen LogP contribution in [-0.2, 0) is 0 Å². The van der Waals surface area contributed by atoms with E-state index in [0.29, 0.717) is 11.8 Å². The van der Waals surface area contributed by atoms with Crippen LogP contribution in [0.1, 0.15) is 10.4 Å². The summed E-state index contributed by atoms with van der Waals surface area (Å²) in [7, 11) is 2.81. The summed E-state index contributed by atoms with van der Waals surface area (Å²) in [6, 6.07) is 2.87. The normalized spacial score (nSPS) is 8.13. The van der Waals surface area contributed by atoms with Crippen molar-refractivity contribution in [2.45, 2.75) is 0 Å². The van der Waals surface area contributed by atoms with Gasteiger partial charge in [-0.1, -0.05) is 0 Å². The Bertz CT molecular complexity index is 303. The van der Waals surface area contributed by atoms with Crippen molar-refractivity contribution in [1.82, 2.24) is 12.3 Å². The molecule has 7 N–H and O–H groups in total. The first-order valence-electron chi connectivity index (χ1n) is 3.63. The monoisotopic (exact) mass is 216 g/mol. The van der Waals surface area contributed by atoms with E-state index in [0.717, 1.165) is 0 Å². The van der Waals surface area contributed by atoms with Crippen LogP contribution in [-0.4, -0.2) is 25.6 Å². The lowest BCUT2D eigenvalue weighted by Crippen LogP contribution is -1.91. The zero-order valence-corrected chi connectivity index (χ0v) is 8.82. The predicted molar refractivity (Wildman–Crippen MR) is 56.6 cm³/mol. The molecule has 15 heavy (non-hydrogen) atoms. The zero-order chi connectivity index (χ0) is 9.84. The largest absolute Gasteiger partial charge is 0.502 e. The van der Waals surface area contributed by atoms with E-state index in [1.54, 1.807) is 0 Å². The van der Waals surface area contributed by atoms with Gasteiger partial charge in [-0.15, -0.1) is 0 Å². The Balaban J connectivity index is 0. The minimum atomic E-state index is -0.101. The van der Waals surface area contributed by atoms with Gasteiger partial charge in [-0.2, -0.15) is 0 Å². The molecule has 0 radical (unpaired) electrons. The molecule has 1 aromatic rings. The van der Waals surface area contributed by atoms with Crippen molar-refractivity contribution in [3.63, 3.8) is 0 Å². The van der Waals surface area contributed by atoms with Gasteiger partial charge in [-0.25, -0.2) is 0 Å². The highest BCUT2D eigenvalue weighted by Gasteiger charge is 2.10. The number of benzene rings is 1. The maximum Gasteiger partial charge on any atom is 0.200 e. The van der Waals surface area contributed by atoms with Crippen LogP contribution in [0.5, 0.6) is 17.2 Å². The SMILES string of the molecule is COc1cc(C=O)cc(OC)c1O.N.N. The van der Waals surface area contributed by atoms with Crippen LogP contribution in [0.15, 0.2) is 12.1 Å². The molecule has 0 heterocycles. The van der Waals surface area contributed by atoms with Crippen LogP contribution in [0.25, 0.3) is 0 Å². The fourth-order valence-electron chi connectivity index (χ4n) is 0.982. The molecule has 6 heteroatoms. The Morgan fingerprint density at radius 3 is 1.80 bits per heavy atom. The van der Waals surface area contributed by atoms with E-state index in [-0.39, 0.29) is 29.5 Å². The van der Waals surface area contributed by atoms with E-state index in [2.05, 4.69) is 0 Å². The van der Waals surface area contributed by atoms with Gasteiger partial charge in [0, 0.05) is 5.56 Å². The Hall–Kier alpha value is -1.79. The quantitative estimate of drug-likeness (QED) is 0.658. The smallest absolute Gasteiger partial charge is 0.200 e. The summed E-state index contributed by atoms with van der Waals surface area (Å²) in [5.41, 5.74) is 0.395. The minimum absolute atomic E-state index is 0. The van der Waals surface area contributed by atoms with Gasteiger partial charge in [-0.3, -0.25) is 4.79 Å². The number of carbonyl (C=O) groups excluding carboxylic acids is 1. The van der Waals surface area contributed by atoms with Gasteiger partial charge < -0.3 is 26.9 Å². The summed E-state index contributed by atoms with van der Waals surface area (Å²) in [6.45, 7) is 0. The van der Waals surface area contributed by atoms with Crippen LogP contribution in [0.4, 0.5) is 0 Å². The second kappa shape index (κ2) is 6.63. The first-order chi connectivity index (χ1) is 6.22. The molecule has 6 nitrogen and oxygen atoms in total. The van der Waals surface area contributed by atoms with Gasteiger partial charge in [0.2, 0.25) is 5.75 Å². The number of hydrogen-bond acceptors (Lipinski definition) is 6. The van der Waals surface area contributed by atoms with Crippen molar-refractivity contribution in [2.75, 3.05) is 14.2 Å². The van der Waals surface area contributed by atoms with Crippen LogP contribution in [0, 0.1) is 0 Å². The third kappa shape index (κ3) is 3.12. The molecule has 0 aliphatic heterocycles. The summed E-state index contributed by atoms with van der Waals surface area (Å²) in [4.78, 5) is 10.5. The molecule has 0 spiro atoms. The summed E-state index contributed by atoms with van der Waals surface area (Å²) in [6.07, 6.45) is 0.657. The second-order valence-electron chi connectivity index (χ2n) is 2.39. The molecule has 1 rings (SSSR count). The summed E-state index contributed by atoms with van der Waals surface area (Å²) in [5, 5.41) is 9.44. The van der Waals surface area contributed by atoms with E-state index < -0.39 is 0 Å². The Labute approximate surface area is 88.0 Å². The summed E-state index contributed by atoms with van der Waals surface area (Å²) < 4.78 is 9.68. The third-order valence-corrected chi connectivity index (χ3v) is 1.64. The second-order valence-corrected chi connectivity index (χ2v) is 2.39. The van der Waals surface area contributed by atoms with Crippen LogP contribution >= 0.6 is 0 Å². The van der Waals surface area contributed by atoms with Crippen molar-refractivity contribution in [2.24, 2.45) is 0 Å². The molecule has 0 amide bonds. The Morgan fingerprint density at radius 2 is 1.53 bits per heavy atom. The van der Waals surface area contributed by atoms with Gasteiger partial charge in [0.25, 0.3) is 0 Å². The lowest BCUT2D eigenvalue weighted by Gasteiger charge is -2.08. The first-order valence-corrected chi connectivity index (χ1v) is 3.63. The maximum atomic E-state index is 10.5. The van der Waals surface area contributed by atoms with E-state index in [1.165, 1.54) is 26.4 Å². The molecule has 0 saturated carbocycles. The molecule has 0 saturated heterocycles. The molecule has 0 fully saturated rings. The standard InChI is InChI=1S/C9H10O4.2H3N/c1-12-7-3-6(5-10)4-8(13-2)9(7)11;;/h3-5,11H,1-2H3;2*1H3. The molecular formula is C9H16N2O4.